The van der Waals surface area contributed by atoms with Crippen LogP contribution in [0.1, 0.15) is 20.9 Å². The molecule has 106 valence electrons. The van der Waals surface area contributed by atoms with E-state index in [9.17, 15) is 4.79 Å². The molecule has 7 nitrogen and oxygen atoms in total. The van der Waals surface area contributed by atoms with E-state index in [1.165, 1.54) is 6.20 Å². The maximum absolute atomic E-state index is 12.1. The molecule has 0 bridgehead atoms. The van der Waals surface area contributed by atoms with Crippen molar-refractivity contribution in [2.24, 2.45) is 0 Å². The van der Waals surface area contributed by atoms with Crippen molar-refractivity contribution < 1.29 is 9.53 Å². The maximum Gasteiger partial charge on any atom is 0.267 e. The van der Waals surface area contributed by atoms with Gasteiger partial charge in [0.25, 0.3) is 5.91 Å². The quantitative estimate of drug-likeness (QED) is 0.840. The second-order valence-electron chi connectivity index (χ2n) is 4.63. The molecule has 3 heterocycles. The fraction of sp³-hybridized carbons (Fsp3) is 0.308. The molecule has 1 saturated heterocycles. The molecule has 1 fully saturated rings. The van der Waals surface area contributed by atoms with Crippen molar-refractivity contribution in [3.63, 3.8) is 0 Å². The maximum atomic E-state index is 12.1. The van der Waals surface area contributed by atoms with Crippen LogP contribution in [-0.2, 0) is 0 Å². The lowest BCUT2D eigenvalue weighted by Crippen LogP contribution is -2.56. The van der Waals surface area contributed by atoms with E-state index in [0.29, 0.717) is 35.1 Å². The summed E-state index contributed by atoms with van der Waals surface area (Å²) in [5.41, 5.74) is 1.15. The molecular weight excluding hydrogens is 290 g/mol. The van der Waals surface area contributed by atoms with E-state index in [1.54, 1.807) is 24.0 Å². The summed E-state index contributed by atoms with van der Waals surface area (Å²) < 4.78 is 9.40. The van der Waals surface area contributed by atoms with E-state index in [2.05, 4.69) is 14.6 Å². The van der Waals surface area contributed by atoms with E-state index in [-0.39, 0.29) is 12.0 Å². The van der Waals surface area contributed by atoms with E-state index >= 15 is 0 Å². The molecule has 0 N–H and O–H groups in total. The average molecular weight is 301 g/mol. The minimum atomic E-state index is -0.100. The predicted molar refractivity (Wildman–Crippen MR) is 73.9 cm³/mol. The summed E-state index contributed by atoms with van der Waals surface area (Å²) in [5.74, 6) is 0.336. The molecule has 0 saturated carbocycles. The lowest BCUT2D eigenvalue weighted by molar-refractivity contribution is 0.0163. The van der Waals surface area contributed by atoms with Crippen molar-refractivity contribution in [1.29, 1.82) is 5.26 Å². The first-order valence-corrected chi connectivity index (χ1v) is 7.05. The number of aryl methyl sites for hydroxylation is 1. The van der Waals surface area contributed by atoms with E-state index in [4.69, 9.17) is 10.00 Å². The number of rotatable bonds is 3. The summed E-state index contributed by atoms with van der Waals surface area (Å²) >= 11 is 1.10. The summed E-state index contributed by atoms with van der Waals surface area (Å²) in [7, 11) is 0. The zero-order chi connectivity index (χ0) is 14.8. The highest BCUT2D eigenvalue weighted by Crippen LogP contribution is 2.21. The van der Waals surface area contributed by atoms with E-state index < -0.39 is 0 Å². The fourth-order valence-corrected chi connectivity index (χ4v) is 2.59. The van der Waals surface area contributed by atoms with Gasteiger partial charge in [0.2, 0.25) is 5.88 Å². The second kappa shape index (κ2) is 5.46. The number of nitriles is 1. The first kappa shape index (κ1) is 13.5. The molecule has 3 rings (SSSR count). The van der Waals surface area contributed by atoms with Gasteiger partial charge in [0, 0.05) is 12.3 Å². The van der Waals surface area contributed by atoms with Crippen LogP contribution in [0, 0.1) is 18.3 Å². The lowest BCUT2D eigenvalue weighted by Gasteiger charge is -2.38. The third-order valence-electron chi connectivity index (χ3n) is 3.13. The predicted octanol–water partition coefficient (Wildman–Crippen LogP) is 1.02. The van der Waals surface area contributed by atoms with Crippen molar-refractivity contribution in [2.75, 3.05) is 13.1 Å². The van der Waals surface area contributed by atoms with Gasteiger partial charge in [-0.25, -0.2) is 4.98 Å². The SMILES string of the molecule is Cc1nnsc1C(=O)N1CC(Oc2cc(C#N)ccn2)C1. The van der Waals surface area contributed by atoms with Crippen LogP contribution in [0.4, 0.5) is 0 Å². The normalized spacial score (nSPS) is 14.4. The van der Waals surface area contributed by atoms with Gasteiger partial charge in [0.15, 0.2) is 0 Å². The number of carbonyl (C=O) groups excluding carboxylic acids is 1. The molecular formula is C13H11N5O2S. The van der Waals surface area contributed by atoms with Gasteiger partial charge in [-0.3, -0.25) is 4.79 Å². The number of hydrogen-bond donors (Lipinski definition) is 0. The molecule has 0 atom stereocenters. The van der Waals surface area contributed by atoms with E-state index in [0.717, 1.165) is 11.5 Å². The topological polar surface area (TPSA) is 92.0 Å². The first-order valence-electron chi connectivity index (χ1n) is 6.28. The summed E-state index contributed by atoms with van der Waals surface area (Å²) in [6.45, 7) is 2.76. The van der Waals surface area contributed by atoms with Crippen LogP contribution >= 0.6 is 11.5 Å². The molecule has 2 aromatic rings. The number of amides is 1. The highest BCUT2D eigenvalue weighted by Gasteiger charge is 2.34. The van der Waals surface area contributed by atoms with Crippen LogP contribution in [0.5, 0.6) is 5.88 Å². The highest BCUT2D eigenvalue weighted by molar-refractivity contribution is 7.07. The van der Waals surface area contributed by atoms with Crippen molar-refractivity contribution in [2.45, 2.75) is 13.0 Å². The Morgan fingerprint density at radius 1 is 1.57 bits per heavy atom. The third-order valence-corrected chi connectivity index (χ3v) is 3.95. The van der Waals surface area contributed by atoms with Gasteiger partial charge in [-0.2, -0.15) is 5.26 Å². The van der Waals surface area contributed by atoms with Gasteiger partial charge < -0.3 is 9.64 Å². The van der Waals surface area contributed by atoms with Crippen LogP contribution in [0.2, 0.25) is 0 Å². The van der Waals surface area contributed by atoms with Crippen LogP contribution in [0.15, 0.2) is 18.3 Å². The Morgan fingerprint density at radius 3 is 3.05 bits per heavy atom. The van der Waals surface area contributed by atoms with Gasteiger partial charge in [0.05, 0.1) is 30.4 Å². The minimum absolute atomic E-state index is 0.0684. The smallest absolute Gasteiger partial charge is 0.267 e. The van der Waals surface area contributed by atoms with Crippen LogP contribution in [0.3, 0.4) is 0 Å². The minimum Gasteiger partial charge on any atom is -0.471 e. The number of aromatic nitrogens is 3. The summed E-state index contributed by atoms with van der Waals surface area (Å²) in [6.07, 6.45) is 1.43. The highest BCUT2D eigenvalue weighted by atomic mass is 32.1. The molecule has 0 radical (unpaired) electrons. The van der Waals surface area contributed by atoms with Crippen LogP contribution in [0.25, 0.3) is 0 Å². The van der Waals surface area contributed by atoms with Gasteiger partial charge in [0.1, 0.15) is 11.0 Å². The van der Waals surface area contributed by atoms with Gasteiger partial charge in [-0.05, 0) is 24.5 Å². The monoisotopic (exact) mass is 301 g/mol. The van der Waals surface area contributed by atoms with Gasteiger partial charge >= 0.3 is 0 Å². The Balaban J connectivity index is 1.58. The number of ether oxygens (including phenoxy) is 1. The third kappa shape index (κ3) is 2.68. The van der Waals surface area contributed by atoms with Gasteiger partial charge in [-0.1, -0.05) is 4.49 Å². The zero-order valence-corrected chi connectivity index (χ0v) is 12.0. The summed E-state index contributed by atoms with van der Waals surface area (Å²) in [6, 6.07) is 5.23. The Bertz CT molecular complexity index is 717. The Labute approximate surface area is 125 Å². The zero-order valence-electron chi connectivity index (χ0n) is 11.2. The molecule has 0 spiro atoms. The molecule has 21 heavy (non-hydrogen) atoms. The molecule has 0 aromatic carbocycles. The largest absolute Gasteiger partial charge is 0.471 e. The Hall–Kier alpha value is -2.53. The van der Waals surface area contributed by atoms with Crippen molar-refractivity contribution in [1.82, 2.24) is 19.5 Å². The number of nitrogens with zero attached hydrogens (tertiary/aromatic N) is 5. The first-order chi connectivity index (χ1) is 10.2. The fourth-order valence-electron chi connectivity index (χ4n) is 1.96. The number of likely N-dealkylation sites (tertiary alicyclic amines) is 1. The standard InChI is InChI=1S/C13H11N5O2S/c1-8-12(21-17-16-8)13(19)18-6-10(7-18)20-11-4-9(5-14)2-3-15-11/h2-4,10H,6-7H2,1H3. The number of pyridine rings is 1. The summed E-state index contributed by atoms with van der Waals surface area (Å²) in [5, 5.41) is 12.7. The van der Waals surface area contributed by atoms with Crippen molar-refractivity contribution in [3.8, 4) is 11.9 Å². The van der Waals surface area contributed by atoms with Crippen molar-refractivity contribution in [3.05, 3.63) is 34.5 Å². The number of carbonyl (C=O) groups is 1. The molecule has 0 unspecified atom stereocenters. The van der Waals surface area contributed by atoms with Crippen molar-refractivity contribution >= 4 is 17.4 Å². The Kier molecular flexibility index (Phi) is 3.50. The van der Waals surface area contributed by atoms with Gasteiger partial charge in [-0.15, -0.1) is 5.10 Å². The molecule has 2 aromatic heterocycles. The molecule has 1 aliphatic heterocycles. The second-order valence-corrected chi connectivity index (χ2v) is 5.39. The number of hydrogen-bond acceptors (Lipinski definition) is 7. The summed E-state index contributed by atoms with van der Waals surface area (Å²) in [4.78, 5) is 18.4. The molecule has 1 aliphatic rings. The van der Waals surface area contributed by atoms with E-state index in [1.807, 2.05) is 6.07 Å². The lowest BCUT2D eigenvalue weighted by atomic mass is 10.1. The van der Waals surface area contributed by atoms with Crippen LogP contribution < -0.4 is 4.74 Å². The molecule has 1 amide bonds. The molecule has 0 aliphatic carbocycles. The average Bonchev–Trinajstić information content (AvgIpc) is 2.88. The molecule has 8 heteroatoms. The Morgan fingerprint density at radius 2 is 2.38 bits per heavy atom. The van der Waals surface area contributed by atoms with Crippen LogP contribution in [-0.4, -0.2) is 44.6 Å².